The van der Waals surface area contributed by atoms with Crippen LogP contribution in [0.5, 0.6) is 5.75 Å². The monoisotopic (exact) mass is 640 g/mol. The summed E-state index contributed by atoms with van der Waals surface area (Å²) in [7, 11) is -2.16. The van der Waals surface area contributed by atoms with Crippen molar-refractivity contribution in [3.05, 3.63) is 90.0 Å². The maximum absolute atomic E-state index is 13.2. The van der Waals surface area contributed by atoms with Gasteiger partial charge in [-0.15, -0.1) is 10.2 Å². The van der Waals surface area contributed by atoms with Crippen LogP contribution in [-0.4, -0.2) is 78.5 Å². The zero-order valence-electron chi connectivity index (χ0n) is 23.6. The number of rotatable bonds is 11. The third kappa shape index (κ3) is 7.24. The Morgan fingerprint density at radius 1 is 1.00 bits per heavy atom. The Labute approximate surface area is 257 Å². The standard InChI is InChI=1S/C29H29FN6O6S2/c1-41-25-5-3-2-4-24(25)36-26(33-34-29(36)43-19-27(37)32-22-10-8-21(30)9-11-22)18-31-28(38)20-6-12-23(13-7-20)44(39,40)35-14-16-42-17-15-35/h2-13H,14-19H2,1H3,(H,31,38)(H,32,37). The molecule has 0 unspecified atom stereocenters. The van der Waals surface area contributed by atoms with Crippen molar-refractivity contribution in [2.75, 3.05) is 44.5 Å². The number of para-hydroxylation sites is 2. The number of morpholine rings is 1. The predicted molar refractivity (Wildman–Crippen MR) is 161 cm³/mol. The number of carbonyl (C=O) groups is 2. The zero-order chi connectivity index (χ0) is 31.1. The summed E-state index contributed by atoms with van der Waals surface area (Å²) in [5.41, 5.74) is 1.32. The molecule has 3 aromatic carbocycles. The van der Waals surface area contributed by atoms with Gasteiger partial charge in [-0.25, -0.2) is 12.8 Å². The summed E-state index contributed by atoms with van der Waals surface area (Å²) >= 11 is 1.12. The van der Waals surface area contributed by atoms with Gasteiger partial charge in [0, 0.05) is 24.3 Å². The van der Waals surface area contributed by atoms with E-state index in [9.17, 15) is 22.4 Å². The van der Waals surface area contributed by atoms with Crippen LogP contribution in [0.1, 0.15) is 16.2 Å². The maximum atomic E-state index is 13.2. The van der Waals surface area contributed by atoms with Crippen molar-refractivity contribution in [3.63, 3.8) is 0 Å². The highest BCUT2D eigenvalue weighted by atomic mass is 32.2. The number of benzene rings is 3. The average Bonchev–Trinajstić information content (AvgIpc) is 3.46. The lowest BCUT2D eigenvalue weighted by atomic mass is 10.2. The minimum atomic E-state index is -3.69. The molecule has 230 valence electrons. The number of carbonyl (C=O) groups excluding carboxylic acids is 2. The van der Waals surface area contributed by atoms with Crippen molar-refractivity contribution in [1.82, 2.24) is 24.4 Å². The molecule has 12 nitrogen and oxygen atoms in total. The van der Waals surface area contributed by atoms with Crippen molar-refractivity contribution >= 4 is 39.3 Å². The molecule has 2 heterocycles. The van der Waals surface area contributed by atoms with Gasteiger partial charge in [-0.05, 0) is 60.7 Å². The first-order chi connectivity index (χ1) is 21.3. The second-order valence-electron chi connectivity index (χ2n) is 9.47. The molecule has 5 rings (SSSR count). The lowest BCUT2D eigenvalue weighted by Gasteiger charge is -2.26. The molecule has 0 spiro atoms. The zero-order valence-corrected chi connectivity index (χ0v) is 25.2. The first-order valence-corrected chi connectivity index (χ1v) is 15.9. The number of hydrogen-bond donors (Lipinski definition) is 2. The van der Waals surface area contributed by atoms with Crippen LogP contribution in [-0.2, 0) is 26.1 Å². The molecule has 2 N–H and O–H groups in total. The van der Waals surface area contributed by atoms with E-state index >= 15 is 0 Å². The molecule has 1 aliphatic rings. The Kier molecular flexibility index (Phi) is 9.89. The first-order valence-electron chi connectivity index (χ1n) is 13.5. The summed E-state index contributed by atoms with van der Waals surface area (Å²) in [5.74, 6) is -0.301. The van der Waals surface area contributed by atoms with Crippen LogP contribution in [0.2, 0.25) is 0 Å². The molecule has 0 saturated carbocycles. The second kappa shape index (κ2) is 14.0. The van der Waals surface area contributed by atoms with Gasteiger partial charge in [0.15, 0.2) is 11.0 Å². The van der Waals surface area contributed by atoms with E-state index < -0.39 is 21.7 Å². The largest absolute Gasteiger partial charge is 0.495 e. The Balaban J connectivity index is 1.30. The number of methoxy groups -OCH3 is 1. The molecule has 2 amide bonds. The quantitative estimate of drug-likeness (QED) is 0.236. The summed E-state index contributed by atoms with van der Waals surface area (Å²) in [6.07, 6.45) is 0. The van der Waals surface area contributed by atoms with E-state index in [2.05, 4.69) is 20.8 Å². The van der Waals surface area contributed by atoms with Gasteiger partial charge in [0.1, 0.15) is 11.6 Å². The van der Waals surface area contributed by atoms with Crippen LogP contribution in [0.3, 0.4) is 0 Å². The number of sulfonamides is 1. The van der Waals surface area contributed by atoms with Gasteiger partial charge in [-0.1, -0.05) is 23.9 Å². The van der Waals surface area contributed by atoms with Crippen LogP contribution in [0, 0.1) is 5.82 Å². The highest BCUT2D eigenvalue weighted by Crippen LogP contribution is 2.29. The molecule has 1 aliphatic heterocycles. The minimum Gasteiger partial charge on any atom is -0.495 e. The molecule has 15 heteroatoms. The fraction of sp³-hybridized carbons (Fsp3) is 0.241. The van der Waals surface area contributed by atoms with Crippen LogP contribution in [0.25, 0.3) is 5.69 Å². The predicted octanol–water partition coefficient (Wildman–Crippen LogP) is 3.10. The number of ether oxygens (including phenoxy) is 2. The highest BCUT2D eigenvalue weighted by Gasteiger charge is 2.26. The smallest absolute Gasteiger partial charge is 0.251 e. The number of hydrogen-bond acceptors (Lipinski definition) is 9. The van der Waals surface area contributed by atoms with Crippen molar-refractivity contribution < 1.29 is 31.9 Å². The number of nitrogens with one attached hydrogen (secondary N) is 2. The summed E-state index contributed by atoms with van der Waals surface area (Å²) in [6, 6.07) is 18.3. The van der Waals surface area contributed by atoms with Gasteiger partial charge in [0.05, 0.1) is 43.2 Å². The lowest BCUT2D eigenvalue weighted by molar-refractivity contribution is -0.113. The van der Waals surface area contributed by atoms with Gasteiger partial charge in [0.25, 0.3) is 5.91 Å². The van der Waals surface area contributed by atoms with E-state index in [0.717, 1.165) is 11.8 Å². The average molecular weight is 641 g/mol. The molecule has 0 radical (unpaired) electrons. The molecule has 0 bridgehead atoms. The van der Waals surface area contributed by atoms with E-state index in [-0.39, 0.29) is 41.8 Å². The van der Waals surface area contributed by atoms with Crippen LogP contribution < -0.4 is 15.4 Å². The second-order valence-corrected chi connectivity index (χ2v) is 12.4. The SMILES string of the molecule is COc1ccccc1-n1c(CNC(=O)c2ccc(S(=O)(=O)N3CCOCC3)cc2)nnc1SCC(=O)Nc1ccc(F)cc1. The van der Waals surface area contributed by atoms with E-state index in [1.54, 1.807) is 22.8 Å². The number of amides is 2. The number of nitrogens with zero attached hydrogens (tertiary/aromatic N) is 4. The third-order valence-corrected chi connectivity index (χ3v) is 9.46. The van der Waals surface area contributed by atoms with Gasteiger partial charge in [0.2, 0.25) is 15.9 Å². The van der Waals surface area contributed by atoms with Crippen molar-refractivity contribution in [2.45, 2.75) is 16.6 Å². The van der Waals surface area contributed by atoms with Gasteiger partial charge < -0.3 is 20.1 Å². The Morgan fingerprint density at radius 2 is 1.70 bits per heavy atom. The van der Waals surface area contributed by atoms with Crippen molar-refractivity contribution in [2.24, 2.45) is 0 Å². The molecule has 4 aromatic rings. The highest BCUT2D eigenvalue weighted by molar-refractivity contribution is 7.99. The van der Waals surface area contributed by atoms with Gasteiger partial charge in [-0.3, -0.25) is 14.2 Å². The van der Waals surface area contributed by atoms with E-state index in [1.807, 2.05) is 6.07 Å². The van der Waals surface area contributed by atoms with E-state index in [4.69, 9.17) is 9.47 Å². The Bertz CT molecular complexity index is 1730. The first kappa shape index (κ1) is 31.1. The fourth-order valence-corrected chi connectivity index (χ4v) is 6.57. The van der Waals surface area contributed by atoms with Crippen LogP contribution in [0.4, 0.5) is 10.1 Å². The van der Waals surface area contributed by atoms with Crippen molar-refractivity contribution in [1.29, 1.82) is 0 Å². The van der Waals surface area contributed by atoms with E-state index in [1.165, 1.54) is 59.9 Å². The molecule has 0 atom stereocenters. The normalized spacial score (nSPS) is 13.8. The fourth-order valence-electron chi connectivity index (χ4n) is 4.40. The summed E-state index contributed by atoms with van der Waals surface area (Å²) in [4.78, 5) is 25.7. The van der Waals surface area contributed by atoms with Crippen molar-refractivity contribution in [3.8, 4) is 11.4 Å². The van der Waals surface area contributed by atoms with E-state index in [0.29, 0.717) is 41.3 Å². The number of aromatic nitrogens is 3. The molecule has 1 saturated heterocycles. The molecular formula is C29H29FN6O6S2. The van der Waals surface area contributed by atoms with Gasteiger partial charge in [-0.2, -0.15) is 4.31 Å². The molecule has 0 aliphatic carbocycles. The maximum Gasteiger partial charge on any atom is 0.251 e. The van der Waals surface area contributed by atoms with Crippen LogP contribution in [0.15, 0.2) is 82.8 Å². The number of halogens is 1. The molecule has 1 aromatic heterocycles. The summed E-state index contributed by atoms with van der Waals surface area (Å²) < 4.78 is 52.8. The van der Waals surface area contributed by atoms with Gasteiger partial charge >= 0.3 is 0 Å². The molecular weight excluding hydrogens is 611 g/mol. The molecule has 1 fully saturated rings. The Hall–Kier alpha value is -4.31. The summed E-state index contributed by atoms with van der Waals surface area (Å²) in [6.45, 7) is 1.19. The lowest BCUT2D eigenvalue weighted by Crippen LogP contribution is -2.40. The third-order valence-electron chi connectivity index (χ3n) is 6.62. The number of anilines is 1. The Morgan fingerprint density at radius 3 is 2.41 bits per heavy atom. The number of thioether (sulfide) groups is 1. The minimum absolute atomic E-state index is 0.0171. The topological polar surface area (TPSA) is 145 Å². The summed E-state index contributed by atoms with van der Waals surface area (Å²) in [5, 5.41) is 14.4. The van der Waals surface area contributed by atoms with Crippen LogP contribution >= 0.6 is 11.8 Å². The molecule has 44 heavy (non-hydrogen) atoms.